The molecule has 0 heterocycles. The van der Waals surface area contributed by atoms with E-state index in [1.807, 2.05) is 6.07 Å². The fourth-order valence-electron chi connectivity index (χ4n) is 4.73. The van der Waals surface area contributed by atoms with Crippen LogP contribution in [-0.2, 0) is 11.8 Å². The monoisotopic (exact) mass is 410 g/mol. The Morgan fingerprint density at radius 1 is 1.13 bits per heavy atom. The summed E-state index contributed by atoms with van der Waals surface area (Å²) in [4.78, 5) is 2.38. The minimum atomic E-state index is -0.863. The van der Waals surface area contributed by atoms with Crippen LogP contribution in [0.2, 0.25) is 0 Å². The summed E-state index contributed by atoms with van der Waals surface area (Å²) < 4.78 is 27.5. The minimum Gasteiger partial charge on any atom is -0.303 e. The number of benzene rings is 2. The van der Waals surface area contributed by atoms with Crippen molar-refractivity contribution in [3.05, 3.63) is 71.3 Å². The molecule has 30 heavy (non-hydrogen) atoms. The summed E-state index contributed by atoms with van der Waals surface area (Å²) in [5.41, 5.74) is 1.22. The Hall–Kier alpha value is -2.25. The highest BCUT2D eigenvalue weighted by Crippen LogP contribution is 2.47. The van der Waals surface area contributed by atoms with E-state index in [9.17, 15) is 14.0 Å². The van der Waals surface area contributed by atoms with Gasteiger partial charge in [-0.05, 0) is 74.8 Å². The first-order valence-electron chi connectivity index (χ1n) is 11.1. The summed E-state index contributed by atoms with van der Waals surface area (Å²) in [7, 11) is 2.14. The Morgan fingerprint density at radius 2 is 1.87 bits per heavy atom. The first-order chi connectivity index (χ1) is 14.5. The molecule has 2 aromatic carbocycles. The quantitative estimate of drug-likeness (QED) is 0.462. The lowest BCUT2D eigenvalue weighted by atomic mass is 9.60. The lowest BCUT2D eigenvalue weighted by molar-refractivity contribution is 0.165. The number of halogens is 2. The van der Waals surface area contributed by atoms with E-state index in [4.69, 9.17) is 0 Å². The lowest BCUT2D eigenvalue weighted by Crippen LogP contribution is -2.41. The molecular weight excluding hydrogens is 378 g/mol. The van der Waals surface area contributed by atoms with Crippen LogP contribution in [0.25, 0.3) is 0 Å². The molecule has 4 heteroatoms. The molecule has 0 aromatic heterocycles. The molecule has 2 nitrogen and oxygen atoms in total. The second-order valence-corrected chi connectivity index (χ2v) is 8.66. The van der Waals surface area contributed by atoms with E-state index in [-0.39, 0.29) is 5.92 Å². The first kappa shape index (κ1) is 22.4. The predicted molar refractivity (Wildman–Crippen MR) is 117 cm³/mol. The first-order valence-corrected chi connectivity index (χ1v) is 11.1. The Balaban J connectivity index is 1.72. The lowest BCUT2D eigenvalue weighted by Gasteiger charge is -2.42. The van der Waals surface area contributed by atoms with Gasteiger partial charge in [0.1, 0.15) is 0 Å². The predicted octanol–water partition coefficient (Wildman–Crippen LogP) is 6.26. The smallest absolute Gasteiger partial charge is 0.159 e. The number of hydrogen-bond acceptors (Lipinski definition) is 2. The van der Waals surface area contributed by atoms with Crippen molar-refractivity contribution in [3.8, 4) is 6.07 Å². The van der Waals surface area contributed by atoms with Crippen LogP contribution < -0.4 is 0 Å². The van der Waals surface area contributed by atoms with Crippen molar-refractivity contribution in [2.75, 3.05) is 13.6 Å². The Morgan fingerprint density at radius 3 is 2.43 bits per heavy atom. The van der Waals surface area contributed by atoms with E-state index >= 15 is 0 Å². The van der Waals surface area contributed by atoms with E-state index in [1.54, 1.807) is 6.07 Å². The zero-order valence-corrected chi connectivity index (χ0v) is 18.1. The summed E-state index contributed by atoms with van der Waals surface area (Å²) in [6, 6.07) is 17.4. The van der Waals surface area contributed by atoms with Crippen LogP contribution in [0.5, 0.6) is 0 Å². The fourth-order valence-corrected chi connectivity index (χ4v) is 4.73. The zero-order valence-electron chi connectivity index (χ0n) is 18.1. The Kier molecular flexibility index (Phi) is 7.61. The van der Waals surface area contributed by atoms with E-state index in [0.29, 0.717) is 18.0 Å². The van der Waals surface area contributed by atoms with Crippen molar-refractivity contribution in [2.45, 2.75) is 63.3 Å². The molecule has 160 valence electrons. The number of hydrogen-bond donors (Lipinski definition) is 0. The molecule has 0 N–H and O–H groups in total. The number of likely N-dealkylation sites (N-methyl/N-ethyl adjacent to an activating group) is 1. The highest BCUT2D eigenvalue weighted by molar-refractivity contribution is 5.35. The van der Waals surface area contributed by atoms with Crippen LogP contribution in [-0.4, -0.2) is 24.5 Å². The largest absolute Gasteiger partial charge is 0.303 e. The average molecular weight is 411 g/mol. The summed E-state index contributed by atoms with van der Waals surface area (Å²) in [5.74, 6) is -1.50. The summed E-state index contributed by atoms with van der Waals surface area (Å²) in [6.45, 7) is 3.13. The average Bonchev–Trinajstić information content (AvgIpc) is 2.73. The third kappa shape index (κ3) is 4.90. The van der Waals surface area contributed by atoms with Gasteiger partial charge in [-0.2, -0.15) is 5.26 Å². The molecule has 1 aliphatic carbocycles. The molecule has 2 atom stereocenters. The molecule has 0 aliphatic heterocycles. The molecule has 0 spiro atoms. The summed E-state index contributed by atoms with van der Waals surface area (Å²) >= 11 is 0. The highest BCUT2D eigenvalue weighted by Gasteiger charge is 2.44. The van der Waals surface area contributed by atoms with E-state index in [2.05, 4.69) is 49.2 Å². The second kappa shape index (κ2) is 10.2. The van der Waals surface area contributed by atoms with Crippen molar-refractivity contribution in [2.24, 2.45) is 5.92 Å². The van der Waals surface area contributed by atoms with Crippen molar-refractivity contribution < 1.29 is 8.78 Å². The van der Waals surface area contributed by atoms with Gasteiger partial charge in [0, 0.05) is 12.6 Å². The van der Waals surface area contributed by atoms with Gasteiger partial charge in [0.15, 0.2) is 11.6 Å². The molecule has 1 aliphatic rings. The topological polar surface area (TPSA) is 27.0 Å². The molecule has 2 aromatic rings. The van der Waals surface area contributed by atoms with Crippen LogP contribution in [0.4, 0.5) is 8.78 Å². The number of nitrogens with zero attached hydrogens (tertiary/aromatic N) is 2. The van der Waals surface area contributed by atoms with E-state index < -0.39 is 17.0 Å². The number of nitriles is 1. The fraction of sp³-hybridized carbons (Fsp3) is 0.500. The molecule has 0 amide bonds. The molecule has 0 radical (unpaired) electrons. The number of rotatable bonds is 10. The minimum absolute atomic E-state index is 0.222. The van der Waals surface area contributed by atoms with Crippen LogP contribution in [0.15, 0.2) is 48.5 Å². The second-order valence-electron chi connectivity index (χ2n) is 8.66. The van der Waals surface area contributed by atoms with Crippen molar-refractivity contribution in [3.63, 3.8) is 0 Å². The van der Waals surface area contributed by atoms with Gasteiger partial charge in [0.2, 0.25) is 0 Å². The third-order valence-corrected chi connectivity index (χ3v) is 7.00. The van der Waals surface area contributed by atoms with Gasteiger partial charge in [-0.3, -0.25) is 0 Å². The molecule has 1 fully saturated rings. The van der Waals surface area contributed by atoms with E-state index in [1.165, 1.54) is 17.7 Å². The molecule has 0 bridgehead atoms. The van der Waals surface area contributed by atoms with Crippen LogP contribution in [0.3, 0.4) is 0 Å². The maximum atomic E-state index is 14.0. The van der Waals surface area contributed by atoms with Crippen LogP contribution in [0, 0.1) is 28.9 Å². The summed E-state index contributed by atoms with van der Waals surface area (Å²) in [5, 5.41) is 10.2. The molecule has 2 unspecified atom stereocenters. The van der Waals surface area contributed by atoms with Gasteiger partial charge in [-0.1, -0.05) is 49.7 Å². The maximum Gasteiger partial charge on any atom is 0.159 e. The van der Waals surface area contributed by atoms with Gasteiger partial charge in [-0.25, -0.2) is 8.78 Å². The van der Waals surface area contributed by atoms with Gasteiger partial charge in [-0.15, -0.1) is 0 Å². The zero-order chi connectivity index (χ0) is 21.6. The Labute approximate surface area is 179 Å². The van der Waals surface area contributed by atoms with E-state index in [0.717, 1.165) is 45.1 Å². The maximum absolute atomic E-state index is 14.0. The van der Waals surface area contributed by atoms with Crippen LogP contribution in [0.1, 0.15) is 56.6 Å². The van der Waals surface area contributed by atoms with Gasteiger partial charge < -0.3 is 4.90 Å². The molecular formula is C26H32F2N2. The highest BCUT2D eigenvalue weighted by atomic mass is 19.2. The van der Waals surface area contributed by atoms with Crippen molar-refractivity contribution in [1.82, 2.24) is 4.90 Å². The molecule has 1 saturated carbocycles. The van der Waals surface area contributed by atoms with Gasteiger partial charge in [0.25, 0.3) is 0 Å². The normalized spacial score (nSPS) is 17.2. The van der Waals surface area contributed by atoms with Gasteiger partial charge in [0.05, 0.1) is 11.5 Å². The summed E-state index contributed by atoms with van der Waals surface area (Å²) in [6.07, 6.45) is 6.59. The molecule has 0 saturated heterocycles. The van der Waals surface area contributed by atoms with Crippen LogP contribution >= 0.6 is 0 Å². The van der Waals surface area contributed by atoms with Crippen molar-refractivity contribution >= 4 is 0 Å². The molecule has 3 rings (SSSR count). The third-order valence-electron chi connectivity index (χ3n) is 7.00. The van der Waals surface area contributed by atoms with Crippen molar-refractivity contribution in [1.29, 1.82) is 5.26 Å². The Bertz CT molecular complexity index is 857. The van der Waals surface area contributed by atoms with Gasteiger partial charge >= 0.3 is 0 Å². The standard InChI is InChI=1S/C26H32F2N2/c1-3-23(30(2)17-15-20-8-5-4-6-9-20)14-16-26(19-29,21-10-7-11-21)22-12-13-24(27)25(28)18-22/h4-6,8-9,12-13,18,21,23H,3,7,10-11,14-17H2,1-2H3. The SMILES string of the molecule is CCC(CCC(C#N)(c1ccc(F)c(F)c1)C1CCC1)N(C)CCc1ccccc1.